The van der Waals surface area contributed by atoms with Crippen LogP contribution in [0.3, 0.4) is 0 Å². The Morgan fingerprint density at radius 3 is 1.20 bits per heavy atom. The highest BCUT2D eigenvalue weighted by Crippen LogP contribution is 2.48. The third-order valence-corrected chi connectivity index (χ3v) is 14.4. The van der Waals surface area contributed by atoms with Crippen molar-refractivity contribution in [1.29, 1.82) is 0 Å². The van der Waals surface area contributed by atoms with Crippen molar-refractivity contribution >= 4 is 17.1 Å². The van der Waals surface area contributed by atoms with Crippen LogP contribution in [-0.4, -0.2) is 0 Å². The lowest BCUT2D eigenvalue weighted by atomic mass is 9.64. The van der Waals surface area contributed by atoms with E-state index in [0.717, 1.165) is 5.92 Å². The van der Waals surface area contributed by atoms with Crippen LogP contribution < -0.4 is 4.90 Å². The molecule has 0 heterocycles. The molecule has 6 aromatic carbocycles. The number of hydrogen-bond donors (Lipinski definition) is 0. The van der Waals surface area contributed by atoms with Crippen molar-refractivity contribution in [2.24, 2.45) is 10.8 Å². The van der Waals surface area contributed by atoms with E-state index in [4.69, 9.17) is 0 Å². The van der Waals surface area contributed by atoms with E-state index in [-0.39, 0.29) is 0 Å². The van der Waals surface area contributed by atoms with Crippen LogP contribution in [0.5, 0.6) is 0 Å². The lowest BCUT2D eigenvalue weighted by Gasteiger charge is -2.41. The number of benzene rings is 6. The van der Waals surface area contributed by atoms with Gasteiger partial charge in [0.1, 0.15) is 0 Å². The van der Waals surface area contributed by atoms with Gasteiger partial charge in [0.05, 0.1) is 0 Å². The van der Waals surface area contributed by atoms with Gasteiger partial charge < -0.3 is 4.90 Å². The summed E-state index contributed by atoms with van der Waals surface area (Å²) in [6.07, 6.45) is 18.7. The molecule has 3 aliphatic carbocycles. The first-order valence-electron chi connectivity index (χ1n) is 21.9. The molecule has 0 atom stereocenters. The summed E-state index contributed by atoms with van der Waals surface area (Å²) in [6.45, 7) is 4.77. The molecule has 3 fully saturated rings. The fraction of sp³-hybridized carbons (Fsp3) is 0.345. The van der Waals surface area contributed by atoms with Crippen molar-refractivity contribution < 1.29 is 0 Å². The predicted octanol–water partition coefficient (Wildman–Crippen LogP) is 16.1. The van der Waals surface area contributed by atoms with E-state index in [1.54, 1.807) is 0 Å². The fourth-order valence-corrected chi connectivity index (χ4v) is 9.79. The van der Waals surface area contributed by atoms with E-state index in [9.17, 15) is 0 Å². The predicted molar refractivity (Wildman–Crippen MR) is 239 cm³/mol. The van der Waals surface area contributed by atoms with Gasteiger partial charge >= 0.3 is 0 Å². The molecule has 0 radical (unpaired) electrons. The van der Waals surface area contributed by atoms with Gasteiger partial charge in [-0.15, -0.1) is 0 Å². The lowest BCUT2D eigenvalue weighted by molar-refractivity contribution is 0.114. The Morgan fingerprint density at radius 1 is 0.446 bits per heavy atom. The van der Waals surface area contributed by atoms with Crippen LogP contribution in [0.25, 0.3) is 33.4 Å². The van der Waals surface area contributed by atoms with Gasteiger partial charge in [0.2, 0.25) is 0 Å². The first kappa shape index (κ1) is 36.7. The van der Waals surface area contributed by atoms with E-state index >= 15 is 0 Å². The molecule has 0 amide bonds. The quantitative estimate of drug-likeness (QED) is 0.102. The number of rotatable bonds is 15. The van der Waals surface area contributed by atoms with E-state index < -0.39 is 0 Å². The summed E-state index contributed by atoms with van der Waals surface area (Å²) in [7, 11) is 0. The molecule has 56 heavy (non-hydrogen) atoms. The molecule has 0 N–H and O–H groups in total. The summed E-state index contributed by atoms with van der Waals surface area (Å²) in [4.78, 5) is 2.41. The molecule has 1 nitrogen and oxygen atoms in total. The number of hydrogen-bond acceptors (Lipinski definition) is 1. The topological polar surface area (TPSA) is 3.24 Å². The molecule has 3 aliphatic rings. The minimum Gasteiger partial charge on any atom is -0.311 e. The summed E-state index contributed by atoms with van der Waals surface area (Å²) in [5.74, 6) is 0.751. The molecular weight excluding hydrogens is 675 g/mol. The molecular formula is C55H59N. The average Bonchev–Trinajstić information content (AvgIpc) is 4.08. The summed E-state index contributed by atoms with van der Waals surface area (Å²) >= 11 is 0. The van der Waals surface area contributed by atoms with Crippen LogP contribution in [-0.2, 0) is 12.8 Å². The van der Waals surface area contributed by atoms with Crippen LogP contribution in [0, 0.1) is 10.8 Å². The maximum absolute atomic E-state index is 2.43. The normalized spacial score (nSPS) is 16.8. The molecule has 0 bridgehead atoms. The first-order chi connectivity index (χ1) is 27.5. The Kier molecular flexibility index (Phi) is 10.5. The number of anilines is 3. The highest BCUT2D eigenvalue weighted by Gasteiger charge is 2.35. The second kappa shape index (κ2) is 15.9. The Labute approximate surface area is 336 Å². The van der Waals surface area contributed by atoms with Crippen LogP contribution >= 0.6 is 0 Å². The van der Waals surface area contributed by atoms with Crippen molar-refractivity contribution in [3.05, 3.63) is 162 Å². The van der Waals surface area contributed by atoms with Crippen molar-refractivity contribution in [2.75, 3.05) is 4.90 Å². The average molecular weight is 734 g/mol. The fourth-order valence-electron chi connectivity index (χ4n) is 9.79. The van der Waals surface area contributed by atoms with Gasteiger partial charge in [-0.2, -0.15) is 0 Å². The van der Waals surface area contributed by atoms with E-state index in [0.29, 0.717) is 10.8 Å². The third kappa shape index (κ3) is 7.88. The van der Waals surface area contributed by atoms with Crippen LogP contribution in [0.4, 0.5) is 17.1 Å². The molecule has 0 spiro atoms. The minimum atomic E-state index is 0.593. The summed E-state index contributed by atoms with van der Waals surface area (Å²) in [5.41, 5.74) is 16.8. The lowest BCUT2D eigenvalue weighted by Crippen LogP contribution is -2.28. The Morgan fingerprint density at radius 2 is 0.839 bits per heavy atom. The van der Waals surface area contributed by atoms with Gasteiger partial charge in [0.25, 0.3) is 0 Å². The second-order valence-electron chi connectivity index (χ2n) is 17.7. The second-order valence-corrected chi connectivity index (χ2v) is 17.7. The number of nitrogens with zero attached hydrogens (tertiary/aromatic N) is 1. The van der Waals surface area contributed by atoms with Crippen LogP contribution in [0.1, 0.15) is 114 Å². The molecule has 0 aromatic heterocycles. The van der Waals surface area contributed by atoms with Gasteiger partial charge in [-0.1, -0.05) is 149 Å². The molecule has 0 aliphatic heterocycles. The largest absolute Gasteiger partial charge is 0.311 e. The summed E-state index contributed by atoms with van der Waals surface area (Å²) in [6, 6.07) is 55.4. The van der Waals surface area contributed by atoms with Crippen LogP contribution in [0.2, 0.25) is 0 Å². The van der Waals surface area contributed by atoms with Gasteiger partial charge in [-0.3, -0.25) is 0 Å². The Bertz CT molecular complexity index is 2110. The summed E-state index contributed by atoms with van der Waals surface area (Å²) < 4.78 is 0. The van der Waals surface area contributed by atoms with Gasteiger partial charge in [0.15, 0.2) is 0 Å². The zero-order chi connectivity index (χ0) is 38.0. The maximum Gasteiger partial charge on any atom is 0.0462 e. The van der Waals surface area contributed by atoms with Crippen molar-refractivity contribution in [2.45, 2.75) is 110 Å². The maximum atomic E-state index is 2.43. The highest BCUT2D eigenvalue weighted by molar-refractivity contribution is 5.81. The van der Waals surface area contributed by atoms with Crippen molar-refractivity contribution in [3.63, 3.8) is 0 Å². The summed E-state index contributed by atoms with van der Waals surface area (Å²) in [5, 5.41) is 0. The monoisotopic (exact) mass is 733 g/mol. The van der Waals surface area contributed by atoms with E-state index in [2.05, 4.69) is 164 Å². The van der Waals surface area contributed by atoms with Crippen LogP contribution in [0.15, 0.2) is 146 Å². The Balaban J connectivity index is 0.987. The SMILES string of the molecule is CCC1(CCc2cccc(-c3ccc(N(c4ccc(-c5cccc(CCC6(CC)CCC6)c5)cc4)c4ccc(-c5cccc(C6CC6)c5)cc4)cc3)c2)CCC1. The molecule has 284 valence electrons. The molecule has 1 heteroatoms. The van der Waals surface area contributed by atoms with E-state index in [1.807, 2.05) is 0 Å². The van der Waals surface area contributed by atoms with Gasteiger partial charge in [-0.05, 0) is 167 Å². The Hall–Kier alpha value is -4.88. The molecule has 3 saturated carbocycles. The molecule has 0 saturated heterocycles. The standard InChI is InChI=1S/C55H59N/c1-3-54(32-8-33-54)36-30-41-10-5-12-47(38-41)44-18-24-51(25-19-44)56(53-28-22-46(23-29-53)50-15-7-14-49(40-50)43-16-17-43)52-26-20-45(21-27-52)48-13-6-11-42(39-48)31-37-55(4-2)34-9-35-55/h5-7,10-15,18-29,38-40,43H,3-4,8-9,16-17,30-37H2,1-2H3. The van der Waals surface area contributed by atoms with E-state index in [1.165, 1.54) is 157 Å². The minimum absolute atomic E-state index is 0.593. The smallest absolute Gasteiger partial charge is 0.0462 e. The highest BCUT2D eigenvalue weighted by atomic mass is 15.1. The first-order valence-corrected chi connectivity index (χ1v) is 21.9. The third-order valence-electron chi connectivity index (χ3n) is 14.4. The zero-order valence-electron chi connectivity index (χ0n) is 33.8. The zero-order valence-corrected chi connectivity index (χ0v) is 33.8. The van der Waals surface area contributed by atoms with Gasteiger partial charge in [0, 0.05) is 17.1 Å². The molecule has 9 rings (SSSR count). The van der Waals surface area contributed by atoms with Crippen molar-refractivity contribution in [1.82, 2.24) is 0 Å². The number of aryl methyl sites for hydroxylation is 2. The van der Waals surface area contributed by atoms with Gasteiger partial charge in [-0.25, -0.2) is 0 Å². The molecule has 6 aromatic rings. The molecule has 0 unspecified atom stereocenters. The van der Waals surface area contributed by atoms with Crippen molar-refractivity contribution in [3.8, 4) is 33.4 Å².